The Morgan fingerprint density at radius 3 is 2.78 bits per heavy atom. The minimum absolute atomic E-state index is 0.0572. The van der Waals surface area contributed by atoms with E-state index in [4.69, 9.17) is 4.74 Å². The number of benzene rings is 2. The number of aromatic nitrogens is 4. The summed E-state index contributed by atoms with van der Waals surface area (Å²) in [6, 6.07) is 13.1. The molecule has 0 aliphatic rings. The monoisotopic (exact) mass is 491 g/mol. The first-order valence-electron chi connectivity index (χ1n) is 11.7. The molecule has 0 spiro atoms. The van der Waals surface area contributed by atoms with Crippen LogP contribution < -0.4 is 20.7 Å². The van der Waals surface area contributed by atoms with E-state index in [9.17, 15) is 9.18 Å². The van der Waals surface area contributed by atoms with Crippen LogP contribution in [0.1, 0.15) is 32.9 Å². The fourth-order valence-electron chi connectivity index (χ4n) is 3.53. The Balaban J connectivity index is 1.34. The second-order valence-electron chi connectivity index (χ2n) is 9.42. The van der Waals surface area contributed by atoms with Crippen LogP contribution in [-0.4, -0.2) is 44.8 Å². The normalized spacial score (nSPS) is 11.4. The van der Waals surface area contributed by atoms with Crippen LogP contribution in [0, 0.1) is 5.82 Å². The maximum atomic E-state index is 13.3. The number of carbonyl (C=O) groups is 1. The quantitative estimate of drug-likeness (QED) is 0.240. The molecule has 9 nitrogen and oxygen atoms in total. The molecule has 2 heterocycles. The van der Waals surface area contributed by atoms with Gasteiger partial charge in [0.05, 0.1) is 18.5 Å². The molecule has 4 N–H and O–H groups in total. The third-order valence-electron chi connectivity index (χ3n) is 5.19. The molecule has 36 heavy (non-hydrogen) atoms. The summed E-state index contributed by atoms with van der Waals surface area (Å²) in [5.74, 6) is 1.14. The molecule has 0 unspecified atom stereocenters. The van der Waals surface area contributed by atoms with Crippen molar-refractivity contribution in [2.24, 2.45) is 0 Å². The molecule has 0 saturated carbocycles. The molecule has 0 aliphatic heterocycles. The topological polar surface area (TPSA) is 117 Å². The van der Waals surface area contributed by atoms with Crippen molar-refractivity contribution in [3.8, 4) is 5.75 Å². The van der Waals surface area contributed by atoms with Gasteiger partial charge >= 0.3 is 0 Å². The molecule has 188 valence electrons. The van der Waals surface area contributed by atoms with E-state index < -0.39 is 5.82 Å². The summed E-state index contributed by atoms with van der Waals surface area (Å²) < 4.78 is 19.2. The van der Waals surface area contributed by atoms with Crippen molar-refractivity contribution < 1.29 is 13.9 Å². The number of H-pyrrole nitrogens is 1. The highest BCUT2D eigenvalue weighted by atomic mass is 19.1. The van der Waals surface area contributed by atoms with Gasteiger partial charge in [-0.3, -0.25) is 9.89 Å². The summed E-state index contributed by atoms with van der Waals surface area (Å²) in [6.07, 6.45) is 2.43. The van der Waals surface area contributed by atoms with Crippen molar-refractivity contribution in [1.82, 2.24) is 25.5 Å². The van der Waals surface area contributed by atoms with Crippen LogP contribution in [0.5, 0.6) is 5.75 Å². The van der Waals surface area contributed by atoms with Gasteiger partial charge in [-0.1, -0.05) is 6.07 Å². The molecule has 0 bridgehead atoms. The number of nitrogens with zero attached hydrogens (tertiary/aromatic N) is 3. The maximum absolute atomic E-state index is 13.3. The van der Waals surface area contributed by atoms with Gasteiger partial charge in [0.2, 0.25) is 5.91 Å². The summed E-state index contributed by atoms with van der Waals surface area (Å²) >= 11 is 0. The average Bonchev–Trinajstić information content (AvgIpc) is 3.24. The summed E-state index contributed by atoms with van der Waals surface area (Å²) in [7, 11) is 0. The fourth-order valence-corrected chi connectivity index (χ4v) is 3.53. The number of hydrogen-bond acceptors (Lipinski definition) is 7. The molecule has 0 fully saturated rings. The minimum Gasteiger partial charge on any atom is -0.493 e. The van der Waals surface area contributed by atoms with Gasteiger partial charge in [-0.05, 0) is 64.1 Å². The zero-order valence-electron chi connectivity index (χ0n) is 20.6. The van der Waals surface area contributed by atoms with Gasteiger partial charge in [-0.2, -0.15) is 5.10 Å². The highest BCUT2D eigenvalue weighted by molar-refractivity contribution is 5.93. The third kappa shape index (κ3) is 7.22. The molecular formula is C26H30FN7O2. The van der Waals surface area contributed by atoms with Crippen LogP contribution in [0.15, 0.2) is 54.9 Å². The van der Waals surface area contributed by atoms with E-state index in [1.807, 2.05) is 18.2 Å². The SMILES string of the molecule is CC(C)(C)NCCCOc1ccc2c(Nc3cc(CC(=O)Nc4cccc(F)c4)[nH]n3)ncnc2c1. The number of halogens is 1. The van der Waals surface area contributed by atoms with Gasteiger partial charge in [-0.25, -0.2) is 14.4 Å². The molecule has 0 aliphatic carbocycles. The molecule has 4 aromatic rings. The van der Waals surface area contributed by atoms with Crippen LogP contribution >= 0.6 is 0 Å². The van der Waals surface area contributed by atoms with Crippen molar-refractivity contribution in [3.05, 3.63) is 66.4 Å². The lowest BCUT2D eigenvalue weighted by molar-refractivity contribution is -0.115. The third-order valence-corrected chi connectivity index (χ3v) is 5.19. The lowest BCUT2D eigenvalue weighted by atomic mass is 10.1. The van der Waals surface area contributed by atoms with Crippen LogP contribution in [0.2, 0.25) is 0 Å². The molecule has 0 radical (unpaired) electrons. The van der Waals surface area contributed by atoms with Crippen molar-refractivity contribution in [2.45, 2.75) is 39.2 Å². The smallest absolute Gasteiger partial charge is 0.230 e. The largest absolute Gasteiger partial charge is 0.493 e. The second kappa shape index (κ2) is 11.1. The number of hydrogen-bond donors (Lipinski definition) is 4. The Bertz CT molecular complexity index is 1330. The Labute approximate surface area is 208 Å². The molecule has 0 atom stereocenters. The van der Waals surface area contributed by atoms with Crippen LogP contribution in [0.4, 0.5) is 21.7 Å². The standard InChI is InChI=1S/C26H30FN7O2/c1-26(2,3)30-10-5-11-36-20-8-9-21-22(15-20)28-16-29-25(21)32-23-13-19(33-34-23)14-24(35)31-18-7-4-6-17(27)12-18/h4,6-9,12-13,15-16,30H,5,10-11,14H2,1-3H3,(H,31,35)(H2,28,29,32,33,34). The zero-order chi connectivity index (χ0) is 25.5. The average molecular weight is 492 g/mol. The number of nitrogens with one attached hydrogen (secondary N) is 4. The zero-order valence-corrected chi connectivity index (χ0v) is 20.6. The molecule has 4 rings (SSSR count). The van der Waals surface area contributed by atoms with E-state index in [0.29, 0.717) is 29.6 Å². The lowest BCUT2D eigenvalue weighted by Gasteiger charge is -2.20. The van der Waals surface area contributed by atoms with E-state index in [1.54, 1.807) is 12.1 Å². The number of rotatable bonds is 10. The Morgan fingerprint density at radius 2 is 1.97 bits per heavy atom. The van der Waals surface area contributed by atoms with Crippen molar-refractivity contribution >= 4 is 34.1 Å². The summed E-state index contributed by atoms with van der Waals surface area (Å²) in [5.41, 5.74) is 1.83. The van der Waals surface area contributed by atoms with Gasteiger partial charge < -0.3 is 20.7 Å². The first kappa shape index (κ1) is 25.1. The second-order valence-corrected chi connectivity index (χ2v) is 9.42. The molecule has 0 saturated heterocycles. The molecule has 1 amide bonds. The van der Waals surface area contributed by atoms with Gasteiger partial charge in [0.1, 0.15) is 23.7 Å². The van der Waals surface area contributed by atoms with Gasteiger partial charge in [0.25, 0.3) is 0 Å². The highest BCUT2D eigenvalue weighted by Crippen LogP contribution is 2.26. The van der Waals surface area contributed by atoms with Crippen molar-refractivity contribution in [2.75, 3.05) is 23.8 Å². The molecule has 2 aromatic heterocycles. The van der Waals surface area contributed by atoms with E-state index >= 15 is 0 Å². The maximum Gasteiger partial charge on any atom is 0.230 e. The number of aromatic amines is 1. The number of carbonyl (C=O) groups excluding carboxylic acids is 1. The van der Waals surface area contributed by atoms with Crippen molar-refractivity contribution in [1.29, 1.82) is 0 Å². The Morgan fingerprint density at radius 1 is 1.11 bits per heavy atom. The molecular weight excluding hydrogens is 461 g/mol. The summed E-state index contributed by atoms with van der Waals surface area (Å²) in [6.45, 7) is 7.90. The number of amides is 1. The van der Waals surface area contributed by atoms with E-state index in [0.717, 1.165) is 29.6 Å². The molecule has 2 aromatic carbocycles. The van der Waals surface area contributed by atoms with Gasteiger partial charge in [-0.15, -0.1) is 0 Å². The van der Waals surface area contributed by atoms with E-state index in [2.05, 4.69) is 56.9 Å². The highest BCUT2D eigenvalue weighted by Gasteiger charge is 2.11. The number of fused-ring (bicyclic) bond motifs is 1. The van der Waals surface area contributed by atoms with Gasteiger partial charge in [0.15, 0.2) is 5.82 Å². The Kier molecular flexibility index (Phi) is 7.74. The van der Waals surface area contributed by atoms with Crippen LogP contribution in [0.3, 0.4) is 0 Å². The first-order chi connectivity index (χ1) is 17.2. The molecule has 10 heteroatoms. The lowest BCUT2D eigenvalue weighted by Crippen LogP contribution is -2.36. The summed E-state index contributed by atoms with van der Waals surface area (Å²) in [4.78, 5) is 21.0. The summed E-state index contributed by atoms with van der Waals surface area (Å²) in [5, 5.41) is 17.1. The van der Waals surface area contributed by atoms with Crippen molar-refractivity contribution in [3.63, 3.8) is 0 Å². The van der Waals surface area contributed by atoms with E-state index in [1.165, 1.54) is 24.5 Å². The minimum atomic E-state index is -0.412. The number of ether oxygens (including phenoxy) is 1. The Hall–Kier alpha value is -4.05. The predicted octanol–water partition coefficient (Wildman–Crippen LogP) is 4.57. The van der Waals surface area contributed by atoms with Crippen LogP contribution in [-0.2, 0) is 11.2 Å². The van der Waals surface area contributed by atoms with Crippen LogP contribution in [0.25, 0.3) is 10.9 Å². The van der Waals surface area contributed by atoms with E-state index in [-0.39, 0.29) is 17.9 Å². The first-order valence-corrected chi connectivity index (χ1v) is 11.7. The fraction of sp³-hybridized carbons (Fsp3) is 0.308. The van der Waals surface area contributed by atoms with Gasteiger partial charge in [0, 0.05) is 34.4 Å². The number of anilines is 3. The predicted molar refractivity (Wildman–Crippen MR) is 138 cm³/mol.